The number of amides is 3. The van der Waals surface area contributed by atoms with Crippen molar-refractivity contribution in [2.75, 3.05) is 0 Å². The third-order valence-corrected chi connectivity index (χ3v) is 4.31. The van der Waals surface area contributed by atoms with Gasteiger partial charge in [-0.1, -0.05) is 19.3 Å². The molecule has 0 saturated heterocycles. The van der Waals surface area contributed by atoms with Crippen LogP contribution in [0, 0.1) is 5.41 Å². The van der Waals surface area contributed by atoms with Crippen molar-refractivity contribution in [3.05, 3.63) is 0 Å². The van der Waals surface area contributed by atoms with E-state index in [0.29, 0.717) is 0 Å². The molecule has 1 aliphatic rings. The van der Waals surface area contributed by atoms with E-state index in [1.54, 1.807) is 0 Å². The molecule has 1 atom stereocenters. The minimum Gasteiger partial charge on any atom is -0.480 e. The second kappa shape index (κ2) is 8.50. The molecular weight excluding hydrogens is 302 g/mol. The predicted octanol–water partition coefficient (Wildman–Crippen LogP) is 0.0373. The fourth-order valence-electron chi connectivity index (χ4n) is 3.22. The Hall–Kier alpha value is -2.12. The van der Waals surface area contributed by atoms with Crippen LogP contribution in [0.5, 0.6) is 0 Å². The van der Waals surface area contributed by atoms with Crippen molar-refractivity contribution in [1.82, 2.24) is 5.32 Å². The summed E-state index contributed by atoms with van der Waals surface area (Å²) >= 11 is 0. The first-order chi connectivity index (χ1) is 10.7. The number of nitrogens with one attached hydrogen (secondary N) is 1. The fraction of sp³-hybridized carbons (Fsp3) is 0.733. The highest BCUT2D eigenvalue weighted by molar-refractivity contribution is 5.85. The van der Waals surface area contributed by atoms with Crippen molar-refractivity contribution in [1.29, 1.82) is 0 Å². The molecule has 0 aliphatic heterocycles. The lowest BCUT2D eigenvalue weighted by atomic mass is 9.69. The third-order valence-electron chi connectivity index (χ3n) is 4.31. The summed E-state index contributed by atoms with van der Waals surface area (Å²) in [7, 11) is 0. The van der Waals surface area contributed by atoms with Crippen LogP contribution in [-0.4, -0.2) is 34.8 Å². The molecule has 0 aromatic rings. The Bertz CT molecular complexity index is 472. The first-order valence-corrected chi connectivity index (χ1v) is 7.83. The summed E-state index contributed by atoms with van der Waals surface area (Å²) in [5.41, 5.74) is 9.81. The summed E-state index contributed by atoms with van der Waals surface area (Å²) in [6.45, 7) is 0. The van der Waals surface area contributed by atoms with Gasteiger partial charge in [-0.2, -0.15) is 0 Å². The topological polar surface area (TPSA) is 153 Å². The Morgan fingerprint density at radius 3 is 2.09 bits per heavy atom. The highest BCUT2D eigenvalue weighted by Gasteiger charge is 2.36. The van der Waals surface area contributed by atoms with E-state index in [0.717, 1.165) is 32.1 Å². The zero-order chi connectivity index (χ0) is 17.5. The lowest BCUT2D eigenvalue weighted by Gasteiger charge is -2.36. The summed E-state index contributed by atoms with van der Waals surface area (Å²) in [4.78, 5) is 45.4. The monoisotopic (exact) mass is 327 g/mol. The molecule has 1 rings (SSSR count). The third kappa shape index (κ3) is 6.66. The Balaban J connectivity index is 2.67. The number of hydrogen-bond acceptors (Lipinski definition) is 4. The average molecular weight is 327 g/mol. The molecule has 1 fully saturated rings. The molecule has 0 radical (unpaired) electrons. The van der Waals surface area contributed by atoms with Gasteiger partial charge in [0.15, 0.2) is 0 Å². The van der Waals surface area contributed by atoms with Crippen LogP contribution < -0.4 is 16.8 Å². The number of carbonyl (C=O) groups excluding carboxylic acids is 3. The number of aliphatic carboxylic acids is 1. The molecule has 0 unspecified atom stereocenters. The quantitative estimate of drug-likeness (QED) is 0.471. The highest BCUT2D eigenvalue weighted by Crippen LogP contribution is 2.42. The van der Waals surface area contributed by atoms with Gasteiger partial charge < -0.3 is 21.9 Å². The summed E-state index contributed by atoms with van der Waals surface area (Å²) in [5, 5.41) is 11.5. The van der Waals surface area contributed by atoms with Gasteiger partial charge in [-0.25, -0.2) is 4.79 Å². The highest BCUT2D eigenvalue weighted by atomic mass is 16.4. The molecule has 8 nitrogen and oxygen atoms in total. The van der Waals surface area contributed by atoms with E-state index in [1.165, 1.54) is 0 Å². The Kier molecular flexibility index (Phi) is 6.99. The van der Waals surface area contributed by atoms with E-state index in [4.69, 9.17) is 16.6 Å². The standard InChI is InChI=1S/C15H25N3O5/c16-11(19)5-4-10(14(22)23)18-13(21)9-15(8-12(17)20)6-2-1-3-7-15/h10H,1-9H2,(H2,16,19)(H2,17,20)(H,18,21)(H,22,23)/t10-/m0/s1. The first-order valence-electron chi connectivity index (χ1n) is 7.83. The second-order valence-corrected chi connectivity index (χ2v) is 6.34. The molecular formula is C15H25N3O5. The van der Waals surface area contributed by atoms with Crippen LogP contribution in [0.2, 0.25) is 0 Å². The van der Waals surface area contributed by atoms with Gasteiger partial charge in [-0.05, 0) is 24.7 Å². The van der Waals surface area contributed by atoms with Gasteiger partial charge in [0.25, 0.3) is 0 Å². The number of carbonyl (C=O) groups is 4. The zero-order valence-corrected chi connectivity index (χ0v) is 13.2. The Labute approximate surface area is 135 Å². The number of nitrogens with two attached hydrogens (primary N) is 2. The molecule has 8 heteroatoms. The number of primary amides is 2. The number of rotatable bonds is 9. The molecule has 0 aromatic carbocycles. The van der Waals surface area contributed by atoms with Crippen molar-refractivity contribution in [3.8, 4) is 0 Å². The van der Waals surface area contributed by atoms with Gasteiger partial charge in [0.2, 0.25) is 17.7 Å². The second-order valence-electron chi connectivity index (χ2n) is 6.34. The maximum Gasteiger partial charge on any atom is 0.326 e. The van der Waals surface area contributed by atoms with Gasteiger partial charge >= 0.3 is 5.97 Å². The van der Waals surface area contributed by atoms with Gasteiger partial charge in [-0.15, -0.1) is 0 Å². The number of hydrogen-bond donors (Lipinski definition) is 4. The van der Waals surface area contributed by atoms with Crippen molar-refractivity contribution in [2.45, 2.75) is 63.8 Å². The van der Waals surface area contributed by atoms with E-state index in [1.807, 2.05) is 0 Å². The normalized spacial score (nSPS) is 17.9. The summed E-state index contributed by atoms with van der Waals surface area (Å²) in [6, 6.07) is -1.16. The van der Waals surface area contributed by atoms with Gasteiger partial charge in [-0.3, -0.25) is 14.4 Å². The zero-order valence-electron chi connectivity index (χ0n) is 13.2. The predicted molar refractivity (Wildman–Crippen MR) is 81.9 cm³/mol. The maximum atomic E-state index is 12.2. The SMILES string of the molecule is NC(=O)CC[C@H](NC(=O)CC1(CC(N)=O)CCCCC1)C(=O)O. The van der Waals surface area contributed by atoms with E-state index >= 15 is 0 Å². The minimum atomic E-state index is -1.22. The van der Waals surface area contributed by atoms with Crippen molar-refractivity contribution >= 4 is 23.7 Å². The average Bonchev–Trinajstić information content (AvgIpc) is 2.42. The van der Waals surface area contributed by atoms with Crippen molar-refractivity contribution in [2.24, 2.45) is 16.9 Å². The van der Waals surface area contributed by atoms with Crippen LogP contribution >= 0.6 is 0 Å². The van der Waals surface area contributed by atoms with Crippen LogP contribution in [0.4, 0.5) is 0 Å². The van der Waals surface area contributed by atoms with Crippen LogP contribution in [-0.2, 0) is 19.2 Å². The van der Waals surface area contributed by atoms with E-state index < -0.39 is 35.1 Å². The summed E-state index contributed by atoms with van der Waals surface area (Å²) in [5.74, 6) is -2.73. The van der Waals surface area contributed by atoms with Crippen molar-refractivity contribution < 1.29 is 24.3 Å². The fourth-order valence-corrected chi connectivity index (χ4v) is 3.22. The molecule has 1 aliphatic carbocycles. The van der Waals surface area contributed by atoms with E-state index in [9.17, 15) is 19.2 Å². The number of carboxylic acid groups (broad SMARTS) is 1. The summed E-state index contributed by atoms with van der Waals surface area (Å²) in [6.07, 6.45) is 4.36. The maximum absolute atomic E-state index is 12.2. The van der Waals surface area contributed by atoms with Gasteiger partial charge in [0, 0.05) is 19.3 Å². The molecule has 1 saturated carbocycles. The minimum absolute atomic E-state index is 0.0563. The Morgan fingerprint density at radius 1 is 1.00 bits per heavy atom. The Morgan fingerprint density at radius 2 is 1.61 bits per heavy atom. The van der Waals surface area contributed by atoms with E-state index in [2.05, 4.69) is 5.32 Å². The molecule has 0 spiro atoms. The van der Waals surface area contributed by atoms with Crippen molar-refractivity contribution in [3.63, 3.8) is 0 Å². The molecule has 130 valence electrons. The van der Waals surface area contributed by atoms with E-state index in [-0.39, 0.29) is 25.7 Å². The smallest absolute Gasteiger partial charge is 0.326 e. The molecule has 23 heavy (non-hydrogen) atoms. The van der Waals surface area contributed by atoms with Crippen LogP contribution in [0.3, 0.4) is 0 Å². The lowest BCUT2D eigenvalue weighted by Crippen LogP contribution is -2.44. The molecule has 0 aromatic heterocycles. The lowest BCUT2D eigenvalue weighted by molar-refractivity contribution is -0.143. The van der Waals surface area contributed by atoms with Gasteiger partial charge in [0.05, 0.1) is 0 Å². The molecule has 0 heterocycles. The molecule has 6 N–H and O–H groups in total. The molecule has 0 bridgehead atoms. The largest absolute Gasteiger partial charge is 0.480 e. The summed E-state index contributed by atoms with van der Waals surface area (Å²) < 4.78 is 0. The van der Waals surface area contributed by atoms with Crippen LogP contribution in [0.25, 0.3) is 0 Å². The molecule has 3 amide bonds. The first kappa shape index (κ1) is 18.9. The number of carboxylic acids is 1. The van der Waals surface area contributed by atoms with Gasteiger partial charge in [0.1, 0.15) is 6.04 Å². The van der Waals surface area contributed by atoms with Crippen LogP contribution in [0.15, 0.2) is 0 Å². The van der Waals surface area contributed by atoms with Crippen LogP contribution in [0.1, 0.15) is 57.8 Å².